The summed E-state index contributed by atoms with van der Waals surface area (Å²) in [5.41, 5.74) is 9.70. The van der Waals surface area contributed by atoms with Gasteiger partial charge < -0.3 is 18.9 Å². The lowest BCUT2D eigenvalue weighted by atomic mass is 9.96. The molecule has 0 N–H and O–H groups in total. The number of hydrogen-bond donors (Lipinski definition) is 0. The van der Waals surface area contributed by atoms with Gasteiger partial charge in [0.2, 0.25) is 0 Å². The van der Waals surface area contributed by atoms with Gasteiger partial charge in [0.05, 0.1) is 22.7 Å². The predicted octanol–water partition coefficient (Wildman–Crippen LogP) is 6.01. The van der Waals surface area contributed by atoms with Crippen LogP contribution in [0.15, 0.2) is 58.5 Å². The van der Waals surface area contributed by atoms with Crippen LogP contribution < -0.4 is 0 Å². The zero-order valence-corrected chi connectivity index (χ0v) is 19.0. The molecular weight excluding hydrogens is 461 g/mol. The fourth-order valence-corrected chi connectivity index (χ4v) is 5.22. The molecule has 0 bridgehead atoms. The molecule has 2 fully saturated rings. The SMILES string of the molecule is CCOC1C(N=[N+]=[N-])[C@H]2OC(c3ccccc3)OCC2O[C@@H]1Sc1ccc(Cl)c(Cl)c1. The largest absolute Gasteiger partial charge is 0.374 e. The summed E-state index contributed by atoms with van der Waals surface area (Å²) < 4.78 is 24.4. The van der Waals surface area contributed by atoms with Gasteiger partial charge >= 0.3 is 0 Å². The summed E-state index contributed by atoms with van der Waals surface area (Å²) in [7, 11) is 0. The van der Waals surface area contributed by atoms with E-state index in [0.717, 1.165) is 10.5 Å². The Labute approximate surface area is 194 Å². The van der Waals surface area contributed by atoms with Crippen LogP contribution in [0.25, 0.3) is 10.4 Å². The Hall–Kier alpha value is -1.48. The van der Waals surface area contributed by atoms with Gasteiger partial charge in [-0.25, -0.2) is 0 Å². The van der Waals surface area contributed by atoms with Crippen molar-refractivity contribution >= 4 is 35.0 Å². The van der Waals surface area contributed by atoms with E-state index >= 15 is 0 Å². The van der Waals surface area contributed by atoms with Crippen LogP contribution in [-0.2, 0) is 18.9 Å². The van der Waals surface area contributed by atoms with Gasteiger partial charge in [-0.05, 0) is 30.7 Å². The van der Waals surface area contributed by atoms with Crippen LogP contribution >= 0.6 is 35.0 Å². The Kier molecular flexibility index (Phi) is 7.63. The van der Waals surface area contributed by atoms with Crippen molar-refractivity contribution in [2.75, 3.05) is 13.2 Å². The van der Waals surface area contributed by atoms with Gasteiger partial charge in [-0.15, -0.1) is 0 Å². The van der Waals surface area contributed by atoms with E-state index in [4.69, 9.17) is 42.1 Å². The maximum Gasteiger partial charge on any atom is 0.184 e. The molecule has 0 aliphatic carbocycles. The molecule has 0 amide bonds. The summed E-state index contributed by atoms with van der Waals surface area (Å²) in [5.74, 6) is 0. The molecule has 2 aromatic carbocycles. The van der Waals surface area contributed by atoms with Crippen molar-refractivity contribution in [1.29, 1.82) is 0 Å². The van der Waals surface area contributed by atoms with Gasteiger partial charge in [0.1, 0.15) is 23.7 Å². The third kappa shape index (κ3) is 5.13. The van der Waals surface area contributed by atoms with Gasteiger partial charge in [-0.2, -0.15) is 0 Å². The minimum atomic E-state index is -0.584. The molecule has 10 heteroatoms. The van der Waals surface area contributed by atoms with E-state index < -0.39 is 36.1 Å². The Bertz CT molecular complexity index is 947. The molecule has 6 atom stereocenters. The highest BCUT2D eigenvalue weighted by Gasteiger charge is 2.50. The highest BCUT2D eigenvalue weighted by atomic mass is 35.5. The van der Waals surface area contributed by atoms with Crippen molar-refractivity contribution < 1.29 is 18.9 Å². The van der Waals surface area contributed by atoms with Crippen molar-refractivity contribution in [2.24, 2.45) is 5.11 Å². The normalized spacial score (nSPS) is 30.3. The molecule has 31 heavy (non-hydrogen) atoms. The molecule has 0 radical (unpaired) electrons. The number of nitrogens with zero attached hydrogens (tertiary/aromatic N) is 3. The molecule has 2 aliphatic heterocycles. The fourth-order valence-electron chi connectivity index (χ4n) is 3.69. The quantitative estimate of drug-likeness (QED) is 0.286. The monoisotopic (exact) mass is 481 g/mol. The third-order valence-electron chi connectivity index (χ3n) is 5.07. The van der Waals surface area contributed by atoms with Gasteiger partial charge in [-0.3, -0.25) is 0 Å². The molecule has 4 unspecified atom stereocenters. The summed E-state index contributed by atoms with van der Waals surface area (Å²) in [6, 6.07) is 14.4. The van der Waals surface area contributed by atoms with Gasteiger partial charge in [0.15, 0.2) is 6.29 Å². The number of fused-ring (bicyclic) bond motifs is 1. The van der Waals surface area contributed by atoms with Crippen molar-refractivity contribution in [3.8, 4) is 0 Å². The van der Waals surface area contributed by atoms with Crippen LogP contribution in [0.4, 0.5) is 0 Å². The van der Waals surface area contributed by atoms with E-state index in [0.29, 0.717) is 23.3 Å². The Balaban J connectivity index is 1.59. The topological polar surface area (TPSA) is 85.7 Å². The number of thioether (sulfide) groups is 1. The summed E-state index contributed by atoms with van der Waals surface area (Å²) >= 11 is 13.6. The van der Waals surface area contributed by atoms with Crippen LogP contribution in [0.5, 0.6) is 0 Å². The maximum absolute atomic E-state index is 9.26. The van der Waals surface area contributed by atoms with Crippen LogP contribution in [0.2, 0.25) is 10.0 Å². The first-order valence-electron chi connectivity index (χ1n) is 9.85. The van der Waals surface area contributed by atoms with Gasteiger partial charge in [0, 0.05) is 22.0 Å². The number of rotatable bonds is 6. The molecule has 0 saturated carbocycles. The van der Waals surface area contributed by atoms with Crippen molar-refractivity contribution in [3.05, 3.63) is 74.6 Å². The second-order valence-corrected chi connectivity index (χ2v) is 9.01. The van der Waals surface area contributed by atoms with Gasteiger partial charge in [-0.1, -0.05) is 70.4 Å². The molecule has 7 nitrogen and oxygen atoms in total. The van der Waals surface area contributed by atoms with E-state index in [1.165, 1.54) is 11.8 Å². The standard InChI is InChI=1S/C21H21Cl2N3O4S/c1-2-27-19-17(25-26-24)18-16(11-28-20(30-18)12-6-4-3-5-7-12)29-21(19)31-13-8-9-14(22)15(23)10-13/h3-10,16-21H,2,11H2,1H3/t16?,17?,18-,19?,20?,21+/m0/s1. The smallest absolute Gasteiger partial charge is 0.184 e. The molecule has 2 aromatic rings. The van der Waals surface area contributed by atoms with Crippen molar-refractivity contribution in [2.45, 2.75) is 47.9 Å². The molecule has 164 valence electrons. The van der Waals surface area contributed by atoms with Crippen molar-refractivity contribution in [3.63, 3.8) is 0 Å². The lowest BCUT2D eigenvalue weighted by Crippen LogP contribution is -2.60. The first kappa shape index (κ1) is 22.7. The molecule has 0 aromatic heterocycles. The van der Waals surface area contributed by atoms with E-state index in [1.807, 2.05) is 43.3 Å². The summed E-state index contributed by atoms with van der Waals surface area (Å²) in [6.07, 6.45) is -2.00. The summed E-state index contributed by atoms with van der Waals surface area (Å²) in [5, 5.41) is 4.98. The average Bonchev–Trinajstić information content (AvgIpc) is 2.79. The fraction of sp³-hybridized carbons (Fsp3) is 0.429. The second-order valence-electron chi connectivity index (χ2n) is 7.03. The maximum atomic E-state index is 9.26. The van der Waals surface area contributed by atoms with E-state index in [2.05, 4.69) is 10.0 Å². The van der Waals surface area contributed by atoms with Crippen LogP contribution in [0.3, 0.4) is 0 Å². The van der Waals surface area contributed by atoms with Crippen LogP contribution in [0.1, 0.15) is 18.8 Å². The zero-order chi connectivity index (χ0) is 21.8. The lowest BCUT2D eigenvalue weighted by molar-refractivity contribution is -0.300. The van der Waals surface area contributed by atoms with E-state index in [1.54, 1.807) is 12.1 Å². The number of ether oxygens (including phenoxy) is 4. The number of halogens is 2. The Morgan fingerprint density at radius 3 is 2.68 bits per heavy atom. The minimum absolute atomic E-state index is 0.305. The third-order valence-corrected chi connectivity index (χ3v) is 6.95. The molecule has 2 heterocycles. The number of azide groups is 1. The molecule has 4 rings (SSSR count). The Morgan fingerprint density at radius 2 is 1.97 bits per heavy atom. The highest BCUT2D eigenvalue weighted by molar-refractivity contribution is 7.99. The molecule has 0 spiro atoms. The van der Waals surface area contributed by atoms with Gasteiger partial charge in [0.25, 0.3) is 0 Å². The number of benzene rings is 2. The molecule has 2 saturated heterocycles. The summed E-state index contributed by atoms with van der Waals surface area (Å²) in [6.45, 7) is 2.62. The number of hydrogen-bond acceptors (Lipinski definition) is 6. The second kappa shape index (κ2) is 10.4. The Morgan fingerprint density at radius 1 is 1.16 bits per heavy atom. The lowest BCUT2D eigenvalue weighted by Gasteiger charge is -2.48. The average molecular weight is 482 g/mol. The molecular formula is C21H21Cl2N3O4S. The zero-order valence-electron chi connectivity index (χ0n) is 16.6. The first-order valence-corrected chi connectivity index (χ1v) is 11.5. The molecule has 2 aliphatic rings. The van der Waals surface area contributed by atoms with E-state index in [9.17, 15) is 5.53 Å². The highest BCUT2D eigenvalue weighted by Crippen LogP contribution is 2.42. The first-order chi connectivity index (χ1) is 15.1. The van der Waals surface area contributed by atoms with Crippen LogP contribution in [-0.4, -0.2) is 43.0 Å². The minimum Gasteiger partial charge on any atom is -0.374 e. The summed E-state index contributed by atoms with van der Waals surface area (Å²) in [4.78, 5) is 3.93. The predicted molar refractivity (Wildman–Crippen MR) is 119 cm³/mol. The van der Waals surface area contributed by atoms with E-state index in [-0.39, 0.29) is 0 Å². The van der Waals surface area contributed by atoms with Crippen molar-refractivity contribution in [1.82, 2.24) is 0 Å². The van der Waals surface area contributed by atoms with Crippen LogP contribution in [0, 0.1) is 0 Å².